The third-order valence-corrected chi connectivity index (χ3v) is 3.36. The van der Waals surface area contributed by atoms with Gasteiger partial charge in [-0.05, 0) is 0 Å². The van der Waals surface area contributed by atoms with Crippen molar-refractivity contribution in [1.29, 1.82) is 0 Å². The SMILES string of the molecule is O[C@@H]1[C@H](O)COC(c2nc(NCl)c3[nH]c(F)nc3n2)[C@H]1O. The molecule has 21 heavy (non-hydrogen) atoms. The summed E-state index contributed by atoms with van der Waals surface area (Å²) in [5.74, 6) is 0.0000726. The summed E-state index contributed by atoms with van der Waals surface area (Å²) < 4.78 is 18.4. The van der Waals surface area contributed by atoms with E-state index in [1.54, 1.807) is 0 Å². The van der Waals surface area contributed by atoms with Crippen LogP contribution >= 0.6 is 11.8 Å². The van der Waals surface area contributed by atoms with Gasteiger partial charge in [0.1, 0.15) is 29.9 Å². The van der Waals surface area contributed by atoms with Gasteiger partial charge in [-0.2, -0.15) is 9.37 Å². The Hall–Kier alpha value is -1.59. The first kappa shape index (κ1) is 14.4. The third kappa shape index (κ3) is 2.40. The zero-order valence-electron chi connectivity index (χ0n) is 10.4. The molecule has 11 heteroatoms. The monoisotopic (exact) mass is 319 g/mol. The number of aromatic nitrogens is 4. The van der Waals surface area contributed by atoms with E-state index >= 15 is 0 Å². The van der Waals surface area contributed by atoms with Gasteiger partial charge in [0.15, 0.2) is 17.3 Å². The molecule has 2 aromatic heterocycles. The molecular weight excluding hydrogens is 309 g/mol. The summed E-state index contributed by atoms with van der Waals surface area (Å²) in [4.78, 5) is 16.0. The maximum absolute atomic E-state index is 13.1. The standard InChI is InChI=1S/C10H11ClFN5O4/c11-17-8-3-7(16-10(12)13-3)14-9(15-8)6-5(20)4(19)2(18)1-21-6/h2,4-6,18-20H,1H2,(H2,13,14,15,16,17)/t2-,4-,5+,6?/m1/s1. The third-order valence-electron chi connectivity index (χ3n) is 3.18. The van der Waals surface area contributed by atoms with Crippen LogP contribution < -0.4 is 4.84 Å². The number of nitrogens with zero attached hydrogens (tertiary/aromatic N) is 3. The van der Waals surface area contributed by atoms with E-state index in [-0.39, 0.29) is 29.4 Å². The zero-order valence-corrected chi connectivity index (χ0v) is 11.1. The number of aromatic amines is 1. The van der Waals surface area contributed by atoms with Crippen LogP contribution in [0, 0.1) is 6.08 Å². The van der Waals surface area contributed by atoms with E-state index in [1.807, 2.05) is 0 Å². The van der Waals surface area contributed by atoms with Gasteiger partial charge in [-0.3, -0.25) is 4.84 Å². The van der Waals surface area contributed by atoms with Gasteiger partial charge < -0.3 is 25.0 Å². The lowest BCUT2D eigenvalue weighted by atomic mass is 9.99. The Bertz CT molecular complexity index is 670. The molecule has 1 unspecified atom stereocenters. The Labute approximate surface area is 121 Å². The fourth-order valence-corrected chi connectivity index (χ4v) is 2.25. The Kier molecular flexibility index (Phi) is 3.63. The summed E-state index contributed by atoms with van der Waals surface area (Å²) in [6.45, 7) is -0.206. The molecule has 0 spiro atoms. The average molecular weight is 320 g/mol. The van der Waals surface area contributed by atoms with Crippen LogP contribution in [-0.2, 0) is 4.74 Å². The van der Waals surface area contributed by atoms with Crippen molar-refractivity contribution in [1.82, 2.24) is 19.9 Å². The maximum atomic E-state index is 13.1. The molecule has 0 amide bonds. The fourth-order valence-electron chi connectivity index (χ4n) is 2.11. The number of aliphatic hydroxyl groups is 3. The number of H-pyrrole nitrogens is 1. The summed E-state index contributed by atoms with van der Waals surface area (Å²) >= 11 is 5.51. The van der Waals surface area contributed by atoms with E-state index in [0.717, 1.165) is 0 Å². The highest BCUT2D eigenvalue weighted by molar-refractivity contribution is 6.25. The number of hydrogen-bond donors (Lipinski definition) is 5. The normalized spacial score (nSPS) is 29.8. The highest BCUT2D eigenvalue weighted by atomic mass is 35.5. The van der Waals surface area contributed by atoms with E-state index in [0.29, 0.717) is 0 Å². The number of nitrogens with one attached hydrogen (secondary N) is 2. The van der Waals surface area contributed by atoms with Gasteiger partial charge in [-0.25, -0.2) is 9.97 Å². The van der Waals surface area contributed by atoms with Crippen LogP contribution in [0.2, 0.25) is 0 Å². The van der Waals surface area contributed by atoms with Gasteiger partial charge in [-0.15, -0.1) is 0 Å². The van der Waals surface area contributed by atoms with Crippen molar-refractivity contribution in [2.75, 3.05) is 11.4 Å². The molecule has 114 valence electrons. The first-order valence-corrected chi connectivity index (χ1v) is 6.34. The fraction of sp³-hybridized carbons (Fsp3) is 0.500. The lowest BCUT2D eigenvalue weighted by Crippen LogP contribution is -2.49. The molecule has 0 bridgehead atoms. The van der Waals surface area contributed by atoms with Crippen LogP contribution in [0.5, 0.6) is 0 Å². The molecule has 5 N–H and O–H groups in total. The minimum absolute atomic E-state index is 0.0166. The molecule has 0 aromatic carbocycles. The number of ether oxygens (including phenoxy) is 1. The Balaban J connectivity index is 2.04. The molecule has 4 atom stereocenters. The highest BCUT2D eigenvalue weighted by Crippen LogP contribution is 2.29. The van der Waals surface area contributed by atoms with Gasteiger partial charge in [0, 0.05) is 11.8 Å². The summed E-state index contributed by atoms with van der Waals surface area (Å²) in [6, 6.07) is 0. The molecule has 2 aromatic rings. The van der Waals surface area contributed by atoms with Crippen molar-refractivity contribution >= 4 is 28.8 Å². The molecule has 3 heterocycles. The molecule has 1 saturated heterocycles. The second kappa shape index (κ2) is 5.31. The Morgan fingerprint density at radius 2 is 2.00 bits per heavy atom. The summed E-state index contributed by atoms with van der Waals surface area (Å²) in [5, 5.41) is 29.0. The number of hydrogen-bond acceptors (Lipinski definition) is 8. The number of anilines is 1. The van der Waals surface area contributed by atoms with Crippen molar-refractivity contribution < 1.29 is 24.4 Å². The van der Waals surface area contributed by atoms with Crippen molar-refractivity contribution in [2.45, 2.75) is 24.4 Å². The largest absolute Gasteiger partial charge is 0.388 e. The molecular formula is C10H11ClFN5O4. The first-order chi connectivity index (χ1) is 10.0. The Morgan fingerprint density at radius 1 is 1.24 bits per heavy atom. The summed E-state index contributed by atoms with van der Waals surface area (Å²) in [7, 11) is 0. The van der Waals surface area contributed by atoms with E-state index in [4.69, 9.17) is 16.5 Å². The number of rotatable bonds is 2. The van der Waals surface area contributed by atoms with Crippen LogP contribution in [0.15, 0.2) is 0 Å². The van der Waals surface area contributed by atoms with Gasteiger partial charge >= 0.3 is 0 Å². The topological polar surface area (TPSA) is 136 Å². The predicted molar refractivity (Wildman–Crippen MR) is 67.8 cm³/mol. The van der Waals surface area contributed by atoms with Crippen LogP contribution in [0.4, 0.5) is 10.2 Å². The zero-order chi connectivity index (χ0) is 15.1. The molecule has 0 radical (unpaired) electrons. The van der Waals surface area contributed by atoms with Crippen molar-refractivity contribution in [2.24, 2.45) is 0 Å². The average Bonchev–Trinajstić information content (AvgIpc) is 2.84. The number of aliphatic hydroxyl groups excluding tert-OH is 3. The van der Waals surface area contributed by atoms with Crippen molar-refractivity contribution in [3.63, 3.8) is 0 Å². The number of fused-ring (bicyclic) bond motifs is 1. The van der Waals surface area contributed by atoms with Crippen molar-refractivity contribution in [3.8, 4) is 0 Å². The van der Waals surface area contributed by atoms with E-state index < -0.39 is 30.5 Å². The lowest BCUT2D eigenvalue weighted by molar-refractivity contribution is -0.191. The van der Waals surface area contributed by atoms with E-state index in [2.05, 4.69) is 24.8 Å². The summed E-state index contributed by atoms with van der Waals surface area (Å²) in [5.41, 5.74) is 0.134. The molecule has 3 rings (SSSR count). The minimum atomic E-state index is -1.45. The van der Waals surface area contributed by atoms with Crippen LogP contribution in [0.3, 0.4) is 0 Å². The smallest absolute Gasteiger partial charge is 0.289 e. The maximum Gasteiger partial charge on any atom is 0.289 e. The van der Waals surface area contributed by atoms with Crippen molar-refractivity contribution in [3.05, 3.63) is 11.9 Å². The highest BCUT2D eigenvalue weighted by Gasteiger charge is 2.40. The molecule has 9 nitrogen and oxygen atoms in total. The van der Waals surface area contributed by atoms with Crippen LogP contribution in [-0.4, -0.2) is 60.2 Å². The quantitative estimate of drug-likeness (QED) is 0.359. The lowest BCUT2D eigenvalue weighted by Gasteiger charge is -2.34. The van der Waals surface area contributed by atoms with Crippen LogP contribution in [0.25, 0.3) is 11.2 Å². The van der Waals surface area contributed by atoms with Gasteiger partial charge in [-0.1, -0.05) is 0 Å². The second-order valence-corrected chi connectivity index (χ2v) is 4.74. The molecule has 0 saturated carbocycles. The Morgan fingerprint density at radius 3 is 2.71 bits per heavy atom. The molecule has 1 fully saturated rings. The van der Waals surface area contributed by atoms with E-state index in [9.17, 15) is 19.7 Å². The number of halogens is 2. The molecule has 1 aliphatic heterocycles. The van der Waals surface area contributed by atoms with Crippen LogP contribution in [0.1, 0.15) is 11.9 Å². The molecule has 1 aliphatic rings. The van der Waals surface area contributed by atoms with Gasteiger partial charge in [0.25, 0.3) is 6.08 Å². The number of imidazole rings is 1. The summed E-state index contributed by atoms with van der Waals surface area (Å²) in [6.07, 6.45) is -6.04. The van der Waals surface area contributed by atoms with Gasteiger partial charge in [0.2, 0.25) is 0 Å². The molecule has 0 aliphatic carbocycles. The minimum Gasteiger partial charge on any atom is -0.388 e. The second-order valence-electron chi connectivity index (χ2n) is 4.55. The van der Waals surface area contributed by atoms with E-state index in [1.165, 1.54) is 0 Å². The van der Waals surface area contributed by atoms with Gasteiger partial charge in [0.05, 0.1) is 6.61 Å². The predicted octanol–water partition coefficient (Wildman–Crippen LogP) is -0.788. The first-order valence-electron chi connectivity index (χ1n) is 5.97.